The lowest BCUT2D eigenvalue weighted by Crippen LogP contribution is -2.47. The van der Waals surface area contributed by atoms with Crippen molar-refractivity contribution in [2.45, 2.75) is 47.5 Å². The molecule has 0 spiro atoms. The van der Waals surface area contributed by atoms with Gasteiger partial charge in [0.1, 0.15) is 0 Å². The van der Waals surface area contributed by atoms with Crippen molar-refractivity contribution in [1.82, 2.24) is 4.90 Å². The van der Waals surface area contributed by atoms with Gasteiger partial charge in [0, 0.05) is 13.1 Å². The Morgan fingerprint density at radius 3 is 2.00 bits per heavy atom. The van der Waals surface area contributed by atoms with Crippen LogP contribution in [0.25, 0.3) is 0 Å². The van der Waals surface area contributed by atoms with Crippen molar-refractivity contribution < 1.29 is 9.53 Å². The van der Waals surface area contributed by atoms with Crippen LogP contribution >= 0.6 is 0 Å². The fourth-order valence-corrected chi connectivity index (χ4v) is 3.14. The van der Waals surface area contributed by atoms with Gasteiger partial charge in [0.15, 0.2) is 0 Å². The van der Waals surface area contributed by atoms with E-state index in [1.807, 2.05) is 11.8 Å². The zero-order valence-corrected chi connectivity index (χ0v) is 12.0. The van der Waals surface area contributed by atoms with Gasteiger partial charge in [0.2, 0.25) is 0 Å². The number of likely N-dealkylation sites (tertiary alicyclic amines) is 1. The third kappa shape index (κ3) is 2.93. The van der Waals surface area contributed by atoms with E-state index in [0.29, 0.717) is 23.9 Å². The van der Waals surface area contributed by atoms with Gasteiger partial charge in [0.05, 0.1) is 6.61 Å². The number of hydrogen-bond donors (Lipinski definition) is 0. The summed E-state index contributed by atoms with van der Waals surface area (Å²) in [5.41, 5.74) is 0.392. The molecule has 0 unspecified atom stereocenters. The maximum atomic E-state index is 11.7. The van der Waals surface area contributed by atoms with Gasteiger partial charge in [-0.1, -0.05) is 27.7 Å². The first-order chi connectivity index (χ1) is 7.94. The Bertz CT molecular complexity index is 243. The summed E-state index contributed by atoms with van der Waals surface area (Å²) in [4.78, 5) is 13.5. The minimum absolute atomic E-state index is 0.145. The van der Waals surface area contributed by atoms with Crippen LogP contribution in [0, 0.1) is 17.3 Å². The number of carbonyl (C=O) groups is 1. The van der Waals surface area contributed by atoms with Crippen molar-refractivity contribution >= 4 is 6.09 Å². The molecule has 3 heteroatoms. The maximum Gasteiger partial charge on any atom is 0.409 e. The fourth-order valence-electron chi connectivity index (χ4n) is 3.14. The topological polar surface area (TPSA) is 29.5 Å². The molecule has 1 aliphatic rings. The van der Waals surface area contributed by atoms with Crippen molar-refractivity contribution in [3.05, 3.63) is 0 Å². The third-order valence-corrected chi connectivity index (χ3v) is 4.52. The zero-order chi connectivity index (χ0) is 13.1. The molecule has 0 saturated carbocycles. The lowest BCUT2D eigenvalue weighted by Gasteiger charge is -2.47. The Labute approximate surface area is 106 Å². The molecular formula is C14H27NO2. The second-order valence-corrected chi connectivity index (χ2v) is 5.73. The molecule has 0 atom stereocenters. The van der Waals surface area contributed by atoms with E-state index in [2.05, 4.69) is 27.7 Å². The average molecular weight is 241 g/mol. The van der Waals surface area contributed by atoms with Crippen LogP contribution in [0.4, 0.5) is 4.79 Å². The smallest absolute Gasteiger partial charge is 0.409 e. The first kappa shape index (κ1) is 14.3. The van der Waals surface area contributed by atoms with Crippen LogP contribution in [0.15, 0.2) is 0 Å². The molecular weight excluding hydrogens is 214 g/mol. The van der Waals surface area contributed by atoms with Crippen LogP contribution in [0.2, 0.25) is 0 Å². The zero-order valence-electron chi connectivity index (χ0n) is 12.0. The van der Waals surface area contributed by atoms with Crippen LogP contribution in [-0.4, -0.2) is 30.7 Å². The Kier molecular flexibility index (Phi) is 4.84. The second kappa shape index (κ2) is 5.74. The molecule has 1 rings (SSSR count). The maximum absolute atomic E-state index is 11.7. The largest absolute Gasteiger partial charge is 0.450 e. The van der Waals surface area contributed by atoms with Crippen LogP contribution in [0.1, 0.15) is 47.5 Å². The van der Waals surface area contributed by atoms with E-state index in [1.165, 1.54) is 0 Å². The predicted octanol–water partition coefficient (Wildman–Crippen LogP) is 3.54. The van der Waals surface area contributed by atoms with Gasteiger partial charge in [-0.2, -0.15) is 0 Å². The van der Waals surface area contributed by atoms with Crippen molar-refractivity contribution in [1.29, 1.82) is 0 Å². The molecule has 3 nitrogen and oxygen atoms in total. The van der Waals surface area contributed by atoms with Crippen LogP contribution in [0.3, 0.4) is 0 Å². The van der Waals surface area contributed by atoms with Gasteiger partial charge >= 0.3 is 6.09 Å². The Morgan fingerprint density at radius 2 is 1.65 bits per heavy atom. The first-order valence-electron chi connectivity index (χ1n) is 6.85. The van der Waals surface area contributed by atoms with Crippen molar-refractivity contribution in [2.75, 3.05) is 19.7 Å². The molecule has 17 heavy (non-hydrogen) atoms. The molecule has 100 valence electrons. The summed E-state index contributed by atoms with van der Waals surface area (Å²) < 4.78 is 5.06. The van der Waals surface area contributed by atoms with Gasteiger partial charge in [-0.25, -0.2) is 4.79 Å². The Morgan fingerprint density at radius 1 is 1.18 bits per heavy atom. The molecule has 0 aromatic heterocycles. The molecule has 1 amide bonds. The summed E-state index contributed by atoms with van der Waals surface area (Å²) in [5, 5.41) is 0. The summed E-state index contributed by atoms with van der Waals surface area (Å²) in [6, 6.07) is 0. The van der Waals surface area contributed by atoms with Crippen LogP contribution in [0.5, 0.6) is 0 Å². The van der Waals surface area contributed by atoms with E-state index < -0.39 is 0 Å². The highest BCUT2D eigenvalue weighted by Gasteiger charge is 2.40. The summed E-state index contributed by atoms with van der Waals surface area (Å²) in [6.07, 6.45) is 2.05. The molecule has 1 saturated heterocycles. The highest BCUT2D eigenvalue weighted by molar-refractivity contribution is 5.67. The normalized spacial score (nSPS) is 19.8. The Balaban J connectivity index is 2.62. The lowest BCUT2D eigenvalue weighted by atomic mass is 9.63. The number of rotatable bonds is 3. The fraction of sp³-hybridized carbons (Fsp3) is 0.929. The number of nitrogens with zero attached hydrogens (tertiary/aromatic N) is 1. The van der Waals surface area contributed by atoms with Gasteiger partial charge in [0.25, 0.3) is 0 Å². The summed E-state index contributed by atoms with van der Waals surface area (Å²) in [6.45, 7) is 13.2. The molecule has 1 aliphatic heterocycles. The summed E-state index contributed by atoms with van der Waals surface area (Å²) in [7, 11) is 0. The van der Waals surface area contributed by atoms with Crippen molar-refractivity contribution in [2.24, 2.45) is 17.3 Å². The van der Waals surface area contributed by atoms with Crippen molar-refractivity contribution in [3.8, 4) is 0 Å². The molecule has 0 aromatic rings. The third-order valence-electron chi connectivity index (χ3n) is 4.52. The van der Waals surface area contributed by atoms with E-state index in [9.17, 15) is 4.79 Å². The van der Waals surface area contributed by atoms with E-state index in [4.69, 9.17) is 4.74 Å². The first-order valence-corrected chi connectivity index (χ1v) is 6.85. The average Bonchev–Trinajstić information content (AvgIpc) is 2.28. The van der Waals surface area contributed by atoms with E-state index in [-0.39, 0.29) is 6.09 Å². The summed E-state index contributed by atoms with van der Waals surface area (Å²) >= 11 is 0. The summed E-state index contributed by atoms with van der Waals surface area (Å²) in [5.74, 6) is 1.35. The van der Waals surface area contributed by atoms with Crippen LogP contribution in [-0.2, 0) is 4.74 Å². The van der Waals surface area contributed by atoms with Gasteiger partial charge < -0.3 is 9.64 Å². The number of piperidine rings is 1. The number of carbonyl (C=O) groups excluding carboxylic acids is 1. The standard InChI is InChI=1S/C14H27NO2/c1-6-17-13(16)15-9-7-14(8-10-15,11(2)3)12(4)5/h11-12H,6-10H2,1-5H3. The highest BCUT2D eigenvalue weighted by Crippen LogP contribution is 2.45. The molecule has 0 bridgehead atoms. The monoisotopic (exact) mass is 241 g/mol. The molecule has 0 aromatic carbocycles. The van der Waals surface area contributed by atoms with Gasteiger partial charge in [-0.3, -0.25) is 0 Å². The quantitative estimate of drug-likeness (QED) is 0.756. The predicted molar refractivity (Wildman–Crippen MR) is 69.9 cm³/mol. The molecule has 0 N–H and O–H groups in total. The molecule has 1 heterocycles. The number of ether oxygens (including phenoxy) is 1. The minimum atomic E-state index is -0.145. The van der Waals surface area contributed by atoms with Gasteiger partial charge in [-0.15, -0.1) is 0 Å². The van der Waals surface area contributed by atoms with Gasteiger partial charge in [-0.05, 0) is 37.0 Å². The van der Waals surface area contributed by atoms with E-state index in [1.54, 1.807) is 0 Å². The van der Waals surface area contributed by atoms with Crippen molar-refractivity contribution in [3.63, 3.8) is 0 Å². The second-order valence-electron chi connectivity index (χ2n) is 5.73. The molecule has 1 fully saturated rings. The van der Waals surface area contributed by atoms with E-state index in [0.717, 1.165) is 25.9 Å². The number of amides is 1. The van der Waals surface area contributed by atoms with E-state index >= 15 is 0 Å². The SMILES string of the molecule is CCOC(=O)N1CCC(C(C)C)(C(C)C)CC1. The minimum Gasteiger partial charge on any atom is -0.450 e. The lowest BCUT2D eigenvalue weighted by molar-refractivity contribution is 0.0154. The highest BCUT2D eigenvalue weighted by atomic mass is 16.6. The number of hydrogen-bond acceptors (Lipinski definition) is 2. The molecule has 0 radical (unpaired) electrons. The molecule has 0 aliphatic carbocycles. The Hall–Kier alpha value is -0.730. The van der Waals surface area contributed by atoms with Crippen LogP contribution < -0.4 is 0 Å².